The minimum Gasteiger partial charge on any atom is -0.333 e. The zero-order chi connectivity index (χ0) is 14.7. The van der Waals surface area contributed by atoms with Gasteiger partial charge in [0.15, 0.2) is 0 Å². The Labute approximate surface area is 123 Å². The predicted octanol–water partition coefficient (Wildman–Crippen LogP) is 0.431. The van der Waals surface area contributed by atoms with Crippen LogP contribution in [0.4, 0.5) is 0 Å². The molecular formula is C15H19N5O. The molecule has 1 aromatic heterocycles. The largest absolute Gasteiger partial charge is 0.333 e. The van der Waals surface area contributed by atoms with Crippen molar-refractivity contribution in [3.63, 3.8) is 0 Å². The first-order valence-electron chi connectivity index (χ1n) is 7.04. The number of hydrazine groups is 1. The molecule has 110 valence electrons. The maximum atomic E-state index is 11.2. The first kappa shape index (κ1) is 13.8. The minimum absolute atomic E-state index is 0.175. The summed E-state index contributed by atoms with van der Waals surface area (Å²) in [5.41, 5.74) is 4.36. The van der Waals surface area contributed by atoms with E-state index in [1.165, 1.54) is 5.56 Å². The van der Waals surface area contributed by atoms with E-state index < -0.39 is 0 Å². The molecule has 3 N–H and O–H groups in total. The van der Waals surface area contributed by atoms with Crippen molar-refractivity contribution in [2.75, 3.05) is 6.54 Å². The molecule has 0 atom stereocenters. The maximum Gasteiger partial charge on any atom is 0.238 e. The lowest BCUT2D eigenvalue weighted by Crippen LogP contribution is -2.33. The number of hydrogen-bond donors (Lipinski definition) is 2. The number of nitrogens with one attached hydrogen (secondary N) is 1. The molecule has 0 fully saturated rings. The molecule has 1 aliphatic heterocycles. The third-order valence-corrected chi connectivity index (χ3v) is 3.78. The van der Waals surface area contributed by atoms with E-state index in [0.29, 0.717) is 6.42 Å². The van der Waals surface area contributed by atoms with Crippen LogP contribution in [-0.2, 0) is 30.8 Å². The Kier molecular flexibility index (Phi) is 3.98. The van der Waals surface area contributed by atoms with E-state index in [4.69, 9.17) is 5.84 Å². The van der Waals surface area contributed by atoms with E-state index in [0.717, 1.165) is 37.6 Å². The topological polar surface area (TPSA) is 76.2 Å². The number of amides is 1. The number of hydrogen-bond acceptors (Lipinski definition) is 4. The highest BCUT2D eigenvalue weighted by molar-refractivity contribution is 5.77. The molecule has 0 saturated heterocycles. The van der Waals surface area contributed by atoms with Crippen LogP contribution in [0.5, 0.6) is 0 Å². The zero-order valence-corrected chi connectivity index (χ0v) is 11.8. The predicted molar refractivity (Wildman–Crippen MR) is 78.8 cm³/mol. The van der Waals surface area contributed by atoms with Crippen molar-refractivity contribution in [1.29, 1.82) is 0 Å². The molecule has 0 unspecified atom stereocenters. The van der Waals surface area contributed by atoms with Crippen molar-refractivity contribution < 1.29 is 4.79 Å². The minimum atomic E-state index is -0.175. The summed E-state index contributed by atoms with van der Waals surface area (Å²) >= 11 is 0. The summed E-state index contributed by atoms with van der Waals surface area (Å²) in [6.07, 6.45) is 4.21. The standard InChI is InChI=1S/C15H19N5O/c16-18-15(21)9-12-1-3-13(4-2-12)10-19-7-8-20-6-5-17-14(20)11-19/h1-6H,7-11,16H2,(H,18,21). The fraction of sp³-hybridized carbons (Fsp3) is 0.333. The Morgan fingerprint density at radius 3 is 2.76 bits per heavy atom. The monoisotopic (exact) mass is 285 g/mol. The third-order valence-electron chi connectivity index (χ3n) is 3.78. The molecule has 3 rings (SSSR count). The maximum absolute atomic E-state index is 11.2. The van der Waals surface area contributed by atoms with E-state index in [-0.39, 0.29) is 5.91 Å². The lowest BCUT2D eigenvalue weighted by Gasteiger charge is -2.27. The molecule has 1 aliphatic rings. The zero-order valence-electron chi connectivity index (χ0n) is 11.8. The Morgan fingerprint density at radius 2 is 2.00 bits per heavy atom. The van der Waals surface area contributed by atoms with Crippen LogP contribution in [-0.4, -0.2) is 26.9 Å². The lowest BCUT2D eigenvalue weighted by atomic mass is 10.1. The highest BCUT2D eigenvalue weighted by Crippen LogP contribution is 2.14. The van der Waals surface area contributed by atoms with Crippen molar-refractivity contribution in [2.45, 2.75) is 26.1 Å². The number of carbonyl (C=O) groups is 1. The summed E-state index contributed by atoms with van der Waals surface area (Å²) in [5.74, 6) is 6.04. The molecule has 2 aromatic rings. The molecule has 1 aromatic carbocycles. The van der Waals surface area contributed by atoms with Gasteiger partial charge in [0, 0.05) is 32.0 Å². The van der Waals surface area contributed by atoms with E-state index in [9.17, 15) is 4.79 Å². The van der Waals surface area contributed by atoms with Crippen LogP contribution in [0.15, 0.2) is 36.7 Å². The van der Waals surface area contributed by atoms with Crippen molar-refractivity contribution in [3.05, 3.63) is 53.6 Å². The Bertz CT molecular complexity index is 619. The number of imidazole rings is 1. The van der Waals surface area contributed by atoms with Crippen LogP contribution in [0.2, 0.25) is 0 Å². The number of nitrogens with two attached hydrogens (primary N) is 1. The number of carbonyl (C=O) groups excluding carboxylic acids is 1. The number of benzene rings is 1. The summed E-state index contributed by atoms with van der Waals surface area (Å²) in [6, 6.07) is 8.10. The first-order chi connectivity index (χ1) is 10.2. The van der Waals surface area contributed by atoms with Crippen LogP contribution in [0.3, 0.4) is 0 Å². The van der Waals surface area contributed by atoms with Crippen LogP contribution < -0.4 is 11.3 Å². The Hall–Kier alpha value is -2.18. The van der Waals surface area contributed by atoms with Gasteiger partial charge in [-0.1, -0.05) is 24.3 Å². The summed E-state index contributed by atoms with van der Waals surface area (Å²) in [4.78, 5) is 18.0. The van der Waals surface area contributed by atoms with E-state index >= 15 is 0 Å². The van der Waals surface area contributed by atoms with Crippen LogP contribution >= 0.6 is 0 Å². The molecule has 0 aliphatic carbocycles. The summed E-state index contributed by atoms with van der Waals surface area (Å²) in [7, 11) is 0. The number of rotatable bonds is 4. The van der Waals surface area contributed by atoms with Crippen molar-refractivity contribution in [2.24, 2.45) is 5.84 Å². The molecule has 0 saturated carbocycles. The van der Waals surface area contributed by atoms with Gasteiger partial charge in [0.05, 0.1) is 13.0 Å². The second-order valence-electron chi connectivity index (χ2n) is 5.31. The molecule has 6 heteroatoms. The van der Waals surface area contributed by atoms with Crippen LogP contribution in [0, 0.1) is 0 Å². The van der Waals surface area contributed by atoms with Gasteiger partial charge in [0.25, 0.3) is 0 Å². The molecular weight excluding hydrogens is 266 g/mol. The number of nitrogens with zero attached hydrogens (tertiary/aromatic N) is 3. The first-order valence-corrected chi connectivity index (χ1v) is 7.04. The second-order valence-corrected chi connectivity index (χ2v) is 5.31. The summed E-state index contributed by atoms with van der Waals surface area (Å²) in [5, 5.41) is 0. The summed E-state index contributed by atoms with van der Waals surface area (Å²) in [6.45, 7) is 3.80. The SMILES string of the molecule is NNC(=O)Cc1ccc(CN2CCn3ccnc3C2)cc1. The molecule has 21 heavy (non-hydrogen) atoms. The van der Waals surface area contributed by atoms with Gasteiger partial charge in [-0.15, -0.1) is 0 Å². The smallest absolute Gasteiger partial charge is 0.238 e. The van der Waals surface area contributed by atoms with Crippen LogP contribution in [0.25, 0.3) is 0 Å². The molecule has 0 radical (unpaired) electrons. The molecule has 6 nitrogen and oxygen atoms in total. The Morgan fingerprint density at radius 1 is 1.24 bits per heavy atom. The molecule has 0 spiro atoms. The fourth-order valence-electron chi connectivity index (χ4n) is 2.62. The van der Waals surface area contributed by atoms with Gasteiger partial charge in [-0.25, -0.2) is 10.8 Å². The van der Waals surface area contributed by atoms with Crippen molar-refractivity contribution in [3.8, 4) is 0 Å². The van der Waals surface area contributed by atoms with Gasteiger partial charge in [0.2, 0.25) is 5.91 Å². The third kappa shape index (κ3) is 3.29. The average Bonchev–Trinajstić information content (AvgIpc) is 2.96. The van der Waals surface area contributed by atoms with Gasteiger partial charge < -0.3 is 4.57 Å². The number of aromatic nitrogens is 2. The molecule has 2 heterocycles. The van der Waals surface area contributed by atoms with Crippen LogP contribution in [0.1, 0.15) is 17.0 Å². The summed E-state index contributed by atoms with van der Waals surface area (Å²) < 4.78 is 2.20. The normalized spacial score (nSPS) is 14.7. The van der Waals surface area contributed by atoms with E-state index in [1.54, 1.807) is 0 Å². The van der Waals surface area contributed by atoms with E-state index in [1.807, 2.05) is 24.5 Å². The van der Waals surface area contributed by atoms with E-state index in [2.05, 4.69) is 32.0 Å². The molecule has 0 bridgehead atoms. The highest BCUT2D eigenvalue weighted by Gasteiger charge is 2.16. The average molecular weight is 285 g/mol. The van der Waals surface area contributed by atoms with Crippen molar-refractivity contribution in [1.82, 2.24) is 19.9 Å². The van der Waals surface area contributed by atoms with Crippen molar-refractivity contribution >= 4 is 5.91 Å². The fourth-order valence-corrected chi connectivity index (χ4v) is 2.62. The number of fused-ring (bicyclic) bond motifs is 1. The molecule has 1 amide bonds. The van der Waals surface area contributed by atoms with Gasteiger partial charge in [0.1, 0.15) is 5.82 Å². The van der Waals surface area contributed by atoms with Gasteiger partial charge in [-0.3, -0.25) is 15.1 Å². The van der Waals surface area contributed by atoms with Gasteiger partial charge in [-0.2, -0.15) is 0 Å². The van der Waals surface area contributed by atoms with Gasteiger partial charge >= 0.3 is 0 Å². The lowest BCUT2D eigenvalue weighted by molar-refractivity contribution is -0.120. The Balaban J connectivity index is 1.60. The quantitative estimate of drug-likeness (QED) is 0.485. The second kappa shape index (κ2) is 6.07. The van der Waals surface area contributed by atoms with Gasteiger partial charge in [-0.05, 0) is 11.1 Å². The highest BCUT2D eigenvalue weighted by atomic mass is 16.2.